The number of anilines is 1. The molecule has 2 aromatic carbocycles. The minimum atomic E-state index is -0.149. The fourth-order valence-electron chi connectivity index (χ4n) is 2.62. The largest absolute Gasteiger partial charge is 0.322 e. The van der Waals surface area contributed by atoms with Gasteiger partial charge in [0.15, 0.2) is 0 Å². The summed E-state index contributed by atoms with van der Waals surface area (Å²) in [6.07, 6.45) is 5.52. The lowest BCUT2D eigenvalue weighted by atomic mass is 10.1. The minimum Gasteiger partial charge on any atom is -0.322 e. The van der Waals surface area contributed by atoms with E-state index >= 15 is 0 Å². The van der Waals surface area contributed by atoms with Crippen LogP contribution in [0.2, 0.25) is 0 Å². The molecule has 5 nitrogen and oxygen atoms in total. The zero-order chi connectivity index (χ0) is 17.9. The maximum absolute atomic E-state index is 12.5. The summed E-state index contributed by atoms with van der Waals surface area (Å²) in [5, 5.41) is 10.1. The smallest absolute Gasteiger partial charge is 0.255 e. The first-order valence-corrected chi connectivity index (χ1v) is 9.00. The summed E-state index contributed by atoms with van der Waals surface area (Å²) in [6, 6.07) is 15.1. The lowest BCUT2D eigenvalue weighted by Gasteiger charge is -2.08. The normalized spacial score (nSPS) is 10.7. The Bertz CT molecular complexity index is 1040. The topological polar surface area (TPSA) is 59.8 Å². The highest BCUT2D eigenvalue weighted by molar-refractivity contribution is 7.13. The van der Waals surface area contributed by atoms with E-state index in [4.69, 9.17) is 0 Å². The van der Waals surface area contributed by atoms with Crippen molar-refractivity contribution in [1.29, 1.82) is 0 Å². The average molecular weight is 360 g/mol. The number of carbonyl (C=O) groups excluding carboxylic acids is 1. The van der Waals surface area contributed by atoms with Crippen LogP contribution in [0.1, 0.15) is 15.9 Å². The molecule has 0 saturated heterocycles. The number of rotatable bonds is 4. The molecule has 0 spiro atoms. The highest BCUT2D eigenvalue weighted by atomic mass is 32.1. The number of aryl methyl sites for hydroxylation is 1. The van der Waals surface area contributed by atoms with E-state index in [0.717, 1.165) is 27.5 Å². The van der Waals surface area contributed by atoms with Crippen molar-refractivity contribution >= 4 is 22.9 Å². The number of hydrogen-bond acceptors (Lipinski definition) is 4. The molecule has 0 aliphatic heterocycles. The van der Waals surface area contributed by atoms with Crippen LogP contribution in [-0.2, 0) is 0 Å². The molecule has 0 atom stereocenters. The summed E-state index contributed by atoms with van der Waals surface area (Å²) in [4.78, 5) is 16.8. The molecule has 4 aromatic rings. The highest BCUT2D eigenvalue weighted by Gasteiger charge is 2.08. The third kappa shape index (κ3) is 3.41. The Morgan fingerprint density at radius 2 is 2.00 bits per heavy atom. The molecule has 0 saturated carbocycles. The van der Waals surface area contributed by atoms with E-state index in [-0.39, 0.29) is 5.91 Å². The molecule has 6 heteroatoms. The van der Waals surface area contributed by atoms with Gasteiger partial charge in [-0.2, -0.15) is 5.10 Å². The molecule has 0 unspecified atom stereocenters. The third-order valence-electron chi connectivity index (χ3n) is 3.91. The maximum atomic E-state index is 12.5. The molecule has 1 N–H and O–H groups in total. The van der Waals surface area contributed by atoms with Crippen LogP contribution in [-0.4, -0.2) is 20.7 Å². The number of nitrogens with zero attached hydrogens (tertiary/aromatic N) is 3. The third-order valence-corrected chi connectivity index (χ3v) is 4.73. The van der Waals surface area contributed by atoms with Gasteiger partial charge in [-0.15, -0.1) is 11.3 Å². The van der Waals surface area contributed by atoms with E-state index < -0.39 is 0 Å². The van der Waals surface area contributed by atoms with E-state index in [2.05, 4.69) is 15.4 Å². The van der Waals surface area contributed by atoms with Gasteiger partial charge in [0.25, 0.3) is 5.91 Å². The van der Waals surface area contributed by atoms with Gasteiger partial charge in [0.05, 0.1) is 11.9 Å². The van der Waals surface area contributed by atoms with Crippen molar-refractivity contribution in [2.75, 3.05) is 5.32 Å². The molecule has 26 heavy (non-hydrogen) atoms. The van der Waals surface area contributed by atoms with Crippen LogP contribution in [0.5, 0.6) is 0 Å². The summed E-state index contributed by atoms with van der Waals surface area (Å²) in [6.45, 7) is 1.99. The molecular weight excluding hydrogens is 344 g/mol. The second kappa shape index (κ2) is 6.93. The molecule has 0 aliphatic rings. The Labute approximate surface area is 155 Å². The number of benzene rings is 2. The van der Waals surface area contributed by atoms with Crippen molar-refractivity contribution < 1.29 is 4.79 Å². The van der Waals surface area contributed by atoms with Crippen molar-refractivity contribution in [3.05, 3.63) is 83.6 Å². The van der Waals surface area contributed by atoms with Gasteiger partial charge in [0.2, 0.25) is 0 Å². The van der Waals surface area contributed by atoms with Crippen LogP contribution in [0.25, 0.3) is 16.3 Å². The Morgan fingerprint density at radius 3 is 2.69 bits per heavy atom. The Morgan fingerprint density at radius 1 is 1.15 bits per heavy atom. The van der Waals surface area contributed by atoms with Crippen LogP contribution in [0, 0.1) is 6.92 Å². The predicted molar refractivity (Wildman–Crippen MR) is 104 cm³/mol. The molecule has 1 amide bonds. The van der Waals surface area contributed by atoms with Crippen molar-refractivity contribution in [2.45, 2.75) is 6.92 Å². The zero-order valence-corrected chi connectivity index (χ0v) is 14.9. The van der Waals surface area contributed by atoms with E-state index in [0.29, 0.717) is 5.56 Å². The fraction of sp³-hybridized carbons (Fsp3) is 0.0500. The van der Waals surface area contributed by atoms with Crippen LogP contribution < -0.4 is 5.32 Å². The number of aromatic nitrogens is 3. The summed E-state index contributed by atoms with van der Waals surface area (Å²) in [7, 11) is 0. The quantitative estimate of drug-likeness (QED) is 0.580. The zero-order valence-electron chi connectivity index (χ0n) is 14.1. The molecule has 4 rings (SSSR count). The first kappa shape index (κ1) is 16.2. The summed E-state index contributed by atoms with van der Waals surface area (Å²) in [5.74, 6) is -0.149. The number of nitrogens with one attached hydrogen (secondary N) is 1. The van der Waals surface area contributed by atoms with Gasteiger partial charge in [0.1, 0.15) is 5.01 Å². The van der Waals surface area contributed by atoms with Crippen LogP contribution in [0.15, 0.2) is 72.5 Å². The first-order chi connectivity index (χ1) is 12.7. The van der Waals surface area contributed by atoms with E-state index in [9.17, 15) is 4.79 Å². The Hall–Kier alpha value is -3.25. The minimum absolute atomic E-state index is 0.149. The van der Waals surface area contributed by atoms with E-state index in [1.807, 2.05) is 54.9 Å². The van der Waals surface area contributed by atoms with Crippen molar-refractivity contribution in [2.24, 2.45) is 0 Å². The van der Waals surface area contributed by atoms with E-state index in [1.165, 1.54) is 0 Å². The van der Waals surface area contributed by atoms with Gasteiger partial charge in [-0.1, -0.05) is 12.1 Å². The van der Waals surface area contributed by atoms with Crippen LogP contribution in [0.3, 0.4) is 0 Å². The number of thiazole rings is 1. The average Bonchev–Trinajstić information content (AvgIpc) is 3.34. The van der Waals surface area contributed by atoms with Crippen LogP contribution in [0.4, 0.5) is 5.69 Å². The lowest BCUT2D eigenvalue weighted by Crippen LogP contribution is -2.12. The Balaban J connectivity index is 1.51. The second-order valence-corrected chi connectivity index (χ2v) is 6.78. The van der Waals surface area contributed by atoms with Crippen molar-refractivity contribution in [3.63, 3.8) is 0 Å². The molecule has 0 bridgehead atoms. The molecule has 2 aromatic heterocycles. The van der Waals surface area contributed by atoms with Crippen molar-refractivity contribution in [1.82, 2.24) is 14.8 Å². The van der Waals surface area contributed by atoms with Gasteiger partial charge in [-0.3, -0.25) is 4.79 Å². The van der Waals surface area contributed by atoms with Gasteiger partial charge < -0.3 is 5.32 Å². The van der Waals surface area contributed by atoms with Gasteiger partial charge >= 0.3 is 0 Å². The fourth-order valence-corrected chi connectivity index (χ4v) is 3.25. The molecule has 128 valence electrons. The standard InChI is InChI=1S/C20H16N4OS/c1-14-12-22-24(13-14)18-7-5-15(6-8-18)19(25)23-17-4-2-3-16(11-17)20-21-9-10-26-20/h2-13H,1H3,(H,23,25). The first-order valence-electron chi connectivity index (χ1n) is 8.12. The predicted octanol–water partition coefficient (Wildman–Crippen LogP) is 4.56. The van der Waals surface area contributed by atoms with Crippen molar-refractivity contribution in [3.8, 4) is 16.3 Å². The molecular formula is C20H16N4OS. The van der Waals surface area contributed by atoms with Gasteiger partial charge in [-0.05, 0) is 48.9 Å². The molecule has 0 fully saturated rings. The maximum Gasteiger partial charge on any atom is 0.255 e. The number of carbonyl (C=O) groups is 1. The van der Waals surface area contributed by atoms with Gasteiger partial charge in [-0.25, -0.2) is 9.67 Å². The summed E-state index contributed by atoms with van der Waals surface area (Å²) in [5.41, 5.74) is 4.33. The van der Waals surface area contributed by atoms with Gasteiger partial charge in [0, 0.05) is 34.6 Å². The van der Waals surface area contributed by atoms with Crippen LogP contribution >= 0.6 is 11.3 Å². The summed E-state index contributed by atoms with van der Waals surface area (Å²) < 4.78 is 1.79. The summed E-state index contributed by atoms with van der Waals surface area (Å²) >= 11 is 1.57. The number of hydrogen-bond donors (Lipinski definition) is 1. The molecule has 2 heterocycles. The second-order valence-electron chi connectivity index (χ2n) is 5.88. The van der Waals surface area contributed by atoms with E-state index in [1.54, 1.807) is 40.5 Å². The Kier molecular flexibility index (Phi) is 4.33. The SMILES string of the molecule is Cc1cnn(-c2ccc(C(=O)Nc3cccc(-c4nccs4)c3)cc2)c1. The monoisotopic (exact) mass is 360 g/mol. The number of amides is 1. The molecule has 0 aliphatic carbocycles. The lowest BCUT2D eigenvalue weighted by molar-refractivity contribution is 0.102. The highest BCUT2D eigenvalue weighted by Crippen LogP contribution is 2.24. The molecule has 0 radical (unpaired) electrons.